The number of aldehydes is 1. The van der Waals surface area contributed by atoms with Crippen molar-refractivity contribution >= 4 is 22.2 Å². The van der Waals surface area contributed by atoms with Gasteiger partial charge in [-0.05, 0) is 53.7 Å². The van der Waals surface area contributed by atoms with Crippen molar-refractivity contribution in [2.24, 2.45) is 0 Å². The summed E-state index contributed by atoms with van der Waals surface area (Å²) in [5.74, 6) is 1.22. The van der Waals surface area contributed by atoms with Gasteiger partial charge in [-0.15, -0.1) is 6.58 Å². The maximum atomic E-state index is 10.8. The molecule has 0 aliphatic carbocycles. The molecule has 0 saturated carbocycles. The number of unbranched alkanes of at least 4 members (excludes halogenated alkanes) is 3. The van der Waals surface area contributed by atoms with Gasteiger partial charge in [0.1, 0.15) is 6.29 Å². The van der Waals surface area contributed by atoms with Gasteiger partial charge in [0.15, 0.2) is 11.5 Å². The fourth-order valence-electron chi connectivity index (χ4n) is 1.69. The van der Waals surface area contributed by atoms with Crippen LogP contribution in [0.2, 0.25) is 0 Å². The first-order chi connectivity index (χ1) is 9.22. The van der Waals surface area contributed by atoms with E-state index in [1.54, 1.807) is 19.2 Å². The molecule has 0 amide bonds. The third-order valence-electron chi connectivity index (χ3n) is 2.69. The maximum Gasteiger partial charge on any atom is 0.175 e. The van der Waals surface area contributed by atoms with E-state index >= 15 is 0 Å². The second-order valence-electron chi connectivity index (χ2n) is 4.14. The average Bonchev–Trinajstić information content (AvgIpc) is 2.43. The highest BCUT2D eigenvalue weighted by molar-refractivity contribution is 9.10. The number of methoxy groups -OCH3 is 1. The molecule has 0 spiro atoms. The lowest BCUT2D eigenvalue weighted by Gasteiger charge is -2.13. The Morgan fingerprint density at radius 2 is 2.11 bits per heavy atom. The molecule has 1 rings (SSSR count). The fraction of sp³-hybridized carbons (Fsp3) is 0.400. The first-order valence-corrected chi connectivity index (χ1v) is 7.08. The zero-order valence-corrected chi connectivity index (χ0v) is 12.7. The van der Waals surface area contributed by atoms with Gasteiger partial charge in [-0.3, -0.25) is 4.79 Å². The van der Waals surface area contributed by atoms with E-state index in [9.17, 15) is 4.79 Å². The Hall–Kier alpha value is -1.29. The molecule has 1 aromatic carbocycles. The largest absolute Gasteiger partial charge is 0.493 e. The normalized spacial score (nSPS) is 10.0. The molecule has 0 N–H and O–H groups in total. The summed E-state index contributed by atoms with van der Waals surface area (Å²) in [7, 11) is 1.56. The summed E-state index contributed by atoms with van der Waals surface area (Å²) < 4.78 is 11.7. The quantitative estimate of drug-likeness (QED) is 0.383. The minimum Gasteiger partial charge on any atom is -0.493 e. The summed E-state index contributed by atoms with van der Waals surface area (Å²) >= 11 is 3.40. The van der Waals surface area contributed by atoms with Gasteiger partial charge in [-0.25, -0.2) is 0 Å². The molecule has 0 aliphatic heterocycles. The van der Waals surface area contributed by atoms with Crippen LogP contribution in [0.3, 0.4) is 0 Å². The van der Waals surface area contributed by atoms with E-state index in [0.717, 1.165) is 36.4 Å². The number of rotatable bonds is 9. The van der Waals surface area contributed by atoms with Gasteiger partial charge in [0.05, 0.1) is 18.2 Å². The first kappa shape index (κ1) is 15.8. The lowest BCUT2D eigenvalue weighted by Crippen LogP contribution is -2.01. The van der Waals surface area contributed by atoms with Crippen molar-refractivity contribution in [3.63, 3.8) is 0 Å². The van der Waals surface area contributed by atoms with Crippen molar-refractivity contribution in [1.82, 2.24) is 0 Å². The molecular weight excluding hydrogens is 308 g/mol. The molecule has 1 aromatic rings. The molecule has 0 aromatic heterocycles. The van der Waals surface area contributed by atoms with Gasteiger partial charge in [-0.2, -0.15) is 0 Å². The monoisotopic (exact) mass is 326 g/mol. The number of carbonyl (C=O) groups excluding carboxylic acids is 1. The van der Waals surface area contributed by atoms with Gasteiger partial charge >= 0.3 is 0 Å². The van der Waals surface area contributed by atoms with E-state index in [1.165, 1.54) is 0 Å². The van der Waals surface area contributed by atoms with Crippen LogP contribution in [0.4, 0.5) is 0 Å². The minimum absolute atomic E-state index is 0.557. The number of hydrogen-bond donors (Lipinski definition) is 0. The van der Waals surface area contributed by atoms with Crippen LogP contribution in [0.15, 0.2) is 29.3 Å². The van der Waals surface area contributed by atoms with Gasteiger partial charge in [0, 0.05) is 5.56 Å². The zero-order chi connectivity index (χ0) is 14.1. The smallest absolute Gasteiger partial charge is 0.175 e. The van der Waals surface area contributed by atoms with Crippen molar-refractivity contribution in [3.05, 3.63) is 34.8 Å². The fourth-order valence-corrected chi connectivity index (χ4v) is 2.26. The Morgan fingerprint density at radius 3 is 2.74 bits per heavy atom. The second kappa shape index (κ2) is 8.75. The molecule has 0 bridgehead atoms. The third-order valence-corrected chi connectivity index (χ3v) is 3.28. The topological polar surface area (TPSA) is 35.5 Å². The van der Waals surface area contributed by atoms with Crippen molar-refractivity contribution in [1.29, 1.82) is 0 Å². The van der Waals surface area contributed by atoms with Crippen LogP contribution in [-0.2, 0) is 0 Å². The first-order valence-electron chi connectivity index (χ1n) is 6.29. The highest BCUT2D eigenvalue weighted by Crippen LogP contribution is 2.36. The molecule has 0 aliphatic rings. The molecule has 0 fully saturated rings. The average molecular weight is 327 g/mol. The predicted octanol–water partition coefficient (Wildman–Crippen LogP) is 4.40. The lowest BCUT2D eigenvalue weighted by molar-refractivity contribution is 0.112. The highest BCUT2D eigenvalue weighted by atomic mass is 79.9. The molecule has 0 heterocycles. The summed E-state index contributed by atoms with van der Waals surface area (Å²) in [5, 5.41) is 0. The van der Waals surface area contributed by atoms with Gasteiger partial charge in [0.2, 0.25) is 0 Å². The molecule has 0 unspecified atom stereocenters. The standard InChI is InChI=1S/C15H19BrO3/c1-3-4-5-6-7-8-19-15-13(16)9-12(11-17)10-14(15)18-2/h3,9-11H,1,4-8H2,2H3. The summed E-state index contributed by atoms with van der Waals surface area (Å²) in [6, 6.07) is 3.40. The molecule has 0 saturated heterocycles. The van der Waals surface area contributed by atoms with Crippen LogP contribution in [0.1, 0.15) is 36.0 Å². The maximum absolute atomic E-state index is 10.8. The van der Waals surface area contributed by atoms with Crippen molar-refractivity contribution in [2.45, 2.75) is 25.7 Å². The second-order valence-corrected chi connectivity index (χ2v) is 4.99. The van der Waals surface area contributed by atoms with E-state index in [1.807, 2.05) is 6.08 Å². The van der Waals surface area contributed by atoms with E-state index in [4.69, 9.17) is 9.47 Å². The van der Waals surface area contributed by atoms with Crippen molar-refractivity contribution in [2.75, 3.05) is 13.7 Å². The van der Waals surface area contributed by atoms with E-state index in [0.29, 0.717) is 23.7 Å². The van der Waals surface area contributed by atoms with Crippen molar-refractivity contribution < 1.29 is 14.3 Å². The van der Waals surface area contributed by atoms with Crippen LogP contribution in [-0.4, -0.2) is 20.0 Å². The summed E-state index contributed by atoms with van der Waals surface area (Å²) in [6.45, 7) is 4.33. The predicted molar refractivity (Wildman–Crippen MR) is 80.2 cm³/mol. The number of hydrogen-bond acceptors (Lipinski definition) is 3. The lowest BCUT2D eigenvalue weighted by atomic mass is 10.2. The molecular formula is C15H19BrO3. The van der Waals surface area contributed by atoms with Crippen LogP contribution in [0, 0.1) is 0 Å². The van der Waals surface area contributed by atoms with Crippen LogP contribution >= 0.6 is 15.9 Å². The minimum atomic E-state index is 0.557. The van der Waals surface area contributed by atoms with Crippen LogP contribution < -0.4 is 9.47 Å². The van der Waals surface area contributed by atoms with E-state index in [-0.39, 0.29) is 0 Å². The Kier molecular flexibility index (Phi) is 7.26. The Balaban J connectivity index is 2.57. The van der Waals surface area contributed by atoms with E-state index in [2.05, 4.69) is 22.5 Å². The molecule has 3 nitrogen and oxygen atoms in total. The molecule has 0 radical (unpaired) electrons. The Bertz CT molecular complexity index is 430. The number of allylic oxidation sites excluding steroid dienone is 1. The molecule has 0 atom stereocenters. The number of ether oxygens (including phenoxy) is 2. The molecule has 19 heavy (non-hydrogen) atoms. The van der Waals surface area contributed by atoms with E-state index < -0.39 is 0 Å². The van der Waals surface area contributed by atoms with Crippen LogP contribution in [0.25, 0.3) is 0 Å². The number of carbonyl (C=O) groups is 1. The van der Waals surface area contributed by atoms with Crippen molar-refractivity contribution in [3.8, 4) is 11.5 Å². The SMILES string of the molecule is C=CCCCCCOc1c(Br)cc(C=O)cc1OC. The zero-order valence-electron chi connectivity index (χ0n) is 11.2. The summed E-state index contributed by atoms with van der Waals surface area (Å²) in [5.41, 5.74) is 0.557. The molecule has 4 heteroatoms. The van der Waals surface area contributed by atoms with Gasteiger partial charge < -0.3 is 9.47 Å². The molecule has 104 valence electrons. The Morgan fingerprint density at radius 1 is 1.32 bits per heavy atom. The Labute approximate surface area is 122 Å². The van der Waals surface area contributed by atoms with Gasteiger partial charge in [0.25, 0.3) is 0 Å². The summed E-state index contributed by atoms with van der Waals surface area (Å²) in [6.07, 6.45) is 6.98. The van der Waals surface area contributed by atoms with Gasteiger partial charge in [-0.1, -0.05) is 6.08 Å². The highest BCUT2D eigenvalue weighted by Gasteiger charge is 2.11. The number of halogens is 1. The third kappa shape index (κ3) is 5.07. The summed E-state index contributed by atoms with van der Waals surface area (Å²) in [4.78, 5) is 10.8. The van der Waals surface area contributed by atoms with Crippen LogP contribution in [0.5, 0.6) is 11.5 Å². The number of benzene rings is 1.